The van der Waals surface area contributed by atoms with E-state index in [0.717, 1.165) is 0 Å². The Morgan fingerprint density at radius 1 is 0.673 bits per heavy atom. The number of aliphatic carboxylic acids is 3. The first-order chi connectivity index (χ1) is 24.5. The highest BCUT2D eigenvalue weighted by Gasteiger charge is 2.34. The number of nitrogens with zero attached hydrogens (tertiary/aromatic N) is 2. The van der Waals surface area contributed by atoms with Crippen LogP contribution in [-0.4, -0.2) is 131 Å². The molecule has 22 nitrogen and oxygen atoms in total. The maximum atomic E-state index is 13.7. The normalized spacial score (nSPS) is 14.5. The van der Waals surface area contributed by atoms with Crippen LogP contribution in [-0.2, 0) is 51.2 Å². The van der Waals surface area contributed by atoms with E-state index in [2.05, 4.69) is 46.5 Å². The van der Waals surface area contributed by atoms with Crippen molar-refractivity contribution in [3.8, 4) is 0 Å². The summed E-state index contributed by atoms with van der Waals surface area (Å²) in [6.45, 7) is 2.50. The summed E-state index contributed by atoms with van der Waals surface area (Å²) in [5.41, 5.74) is 6.31. The number of H-pyrrole nitrogens is 2. The second-order valence-corrected chi connectivity index (χ2v) is 12.2. The van der Waals surface area contributed by atoms with Gasteiger partial charge >= 0.3 is 17.9 Å². The lowest BCUT2D eigenvalue weighted by Crippen LogP contribution is -2.60. The molecule has 0 saturated heterocycles. The van der Waals surface area contributed by atoms with Gasteiger partial charge in [-0.3, -0.25) is 33.6 Å². The molecule has 22 heteroatoms. The van der Waals surface area contributed by atoms with Crippen LogP contribution in [0.5, 0.6) is 0 Å². The van der Waals surface area contributed by atoms with Gasteiger partial charge in [0.2, 0.25) is 29.5 Å². The molecule has 2 heterocycles. The molecule has 52 heavy (non-hydrogen) atoms. The number of aliphatic hydroxyl groups is 1. The second kappa shape index (κ2) is 20.7. The second-order valence-electron chi connectivity index (χ2n) is 12.2. The Balaban J connectivity index is 2.29. The number of nitrogens with two attached hydrogens (primary N) is 1. The maximum Gasteiger partial charge on any atom is 0.326 e. The molecule has 13 N–H and O–H groups in total. The molecule has 0 aliphatic carbocycles. The van der Waals surface area contributed by atoms with Gasteiger partial charge in [0.1, 0.15) is 30.2 Å². The van der Waals surface area contributed by atoms with E-state index in [1.54, 1.807) is 13.8 Å². The van der Waals surface area contributed by atoms with Crippen molar-refractivity contribution in [2.24, 2.45) is 11.7 Å². The standard InChI is InChI=1S/C30H44N10O12/c1-14(2)5-19(37-25(46)17(31)8-24(44)45)26(47)40-22(11-41)29(50)39-21(7-16-10-33-13-35-16)28(49)38-20(6-15-9-32-12-34-15)27(48)36-18(30(51)52)3-4-23(42)43/h9-10,12-14,17-22,41H,3-8,11,31H2,1-2H3,(H,32,34)(H,33,35)(H,36,48)(H,37,46)(H,38,49)(H,39,50)(H,40,47)(H,42,43)(H,44,45)(H,51,52)/t17-,18-,19-,20-,21-,22-/m0/s1. The Hall–Kier alpha value is -5.90. The number of hydrogen-bond donors (Lipinski definition) is 12. The molecule has 2 aromatic rings. The lowest BCUT2D eigenvalue weighted by Gasteiger charge is -2.26. The summed E-state index contributed by atoms with van der Waals surface area (Å²) in [5, 5.41) is 49.2. The van der Waals surface area contributed by atoms with Gasteiger partial charge in [-0.15, -0.1) is 0 Å². The van der Waals surface area contributed by atoms with Gasteiger partial charge in [-0.1, -0.05) is 13.8 Å². The van der Waals surface area contributed by atoms with Gasteiger partial charge in [0.05, 0.1) is 31.7 Å². The van der Waals surface area contributed by atoms with E-state index in [0.29, 0.717) is 11.4 Å². The number of carbonyl (C=O) groups excluding carboxylic acids is 5. The van der Waals surface area contributed by atoms with Crippen molar-refractivity contribution in [3.05, 3.63) is 36.4 Å². The Morgan fingerprint density at radius 2 is 1.12 bits per heavy atom. The zero-order chi connectivity index (χ0) is 39.0. The summed E-state index contributed by atoms with van der Waals surface area (Å²) in [6, 6.07) is -9.00. The highest BCUT2D eigenvalue weighted by atomic mass is 16.4. The number of aromatic nitrogens is 4. The van der Waals surface area contributed by atoms with Crippen LogP contribution in [0.15, 0.2) is 25.0 Å². The third-order valence-corrected chi connectivity index (χ3v) is 7.37. The molecule has 0 saturated carbocycles. The summed E-state index contributed by atoms with van der Waals surface area (Å²) in [4.78, 5) is 113. The molecule has 0 bridgehead atoms. The molecular weight excluding hydrogens is 692 g/mol. The summed E-state index contributed by atoms with van der Waals surface area (Å²) in [5.74, 6) is -9.18. The number of imidazole rings is 2. The number of carboxylic acids is 3. The molecule has 0 aliphatic heterocycles. The number of rotatable bonds is 23. The minimum atomic E-state index is -1.67. The van der Waals surface area contributed by atoms with Gasteiger partial charge in [-0.05, 0) is 18.8 Å². The van der Waals surface area contributed by atoms with Crippen LogP contribution < -0.4 is 32.3 Å². The Kier molecular flexibility index (Phi) is 16.8. The Morgan fingerprint density at radius 3 is 1.52 bits per heavy atom. The van der Waals surface area contributed by atoms with Gasteiger partial charge in [0.25, 0.3) is 0 Å². The topological polar surface area (TPSA) is 361 Å². The molecule has 286 valence electrons. The van der Waals surface area contributed by atoms with Crippen LogP contribution in [0.25, 0.3) is 0 Å². The number of carboxylic acid groups (broad SMARTS) is 3. The first-order valence-electron chi connectivity index (χ1n) is 16.0. The molecule has 5 amide bonds. The summed E-state index contributed by atoms with van der Waals surface area (Å²) >= 11 is 0. The van der Waals surface area contributed by atoms with Crippen molar-refractivity contribution < 1.29 is 58.8 Å². The van der Waals surface area contributed by atoms with Gasteiger partial charge in [-0.25, -0.2) is 14.8 Å². The first kappa shape index (κ1) is 42.3. The molecule has 0 unspecified atom stereocenters. The average molecular weight is 737 g/mol. The zero-order valence-corrected chi connectivity index (χ0v) is 28.3. The van der Waals surface area contributed by atoms with Crippen molar-refractivity contribution >= 4 is 47.4 Å². The van der Waals surface area contributed by atoms with Crippen molar-refractivity contribution in [2.45, 2.75) is 88.6 Å². The summed E-state index contributed by atoms with van der Waals surface area (Å²) in [6.07, 6.45) is 3.12. The van der Waals surface area contributed by atoms with E-state index in [-0.39, 0.29) is 25.2 Å². The van der Waals surface area contributed by atoms with Crippen LogP contribution in [0.3, 0.4) is 0 Å². The van der Waals surface area contributed by atoms with E-state index < -0.39 is 110 Å². The number of carbonyl (C=O) groups is 8. The van der Waals surface area contributed by atoms with E-state index in [4.69, 9.17) is 15.9 Å². The molecule has 0 aromatic carbocycles. The third-order valence-electron chi connectivity index (χ3n) is 7.37. The largest absolute Gasteiger partial charge is 0.481 e. The van der Waals surface area contributed by atoms with Crippen LogP contribution >= 0.6 is 0 Å². The number of nitrogens with one attached hydrogen (secondary N) is 7. The van der Waals surface area contributed by atoms with Crippen LogP contribution in [0.2, 0.25) is 0 Å². The summed E-state index contributed by atoms with van der Waals surface area (Å²) < 4.78 is 0. The molecule has 2 aromatic heterocycles. The fourth-order valence-electron chi connectivity index (χ4n) is 4.72. The molecule has 2 rings (SSSR count). The van der Waals surface area contributed by atoms with E-state index in [9.17, 15) is 48.6 Å². The quantitative estimate of drug-likeness (QED) is 0.0519. The Bertz CT molecular complexity index is 1530. The highest BCUT2D eigenvalue weighted by molar-refractivity contribution is 5.96. The molecule has 0 aliphatic rings. The molecule has 0 spiro atoms. The predicted octanol–water partition coefficient (Wildman–Crippen LogP) is -3.87. The van der Waals surface area contributed by atoms with Crippen LogP contribution in [0.1, 0.15) is 50.9 Å². The van der Waals surface area contributed by atoms with Crippen molar-refractivity contribution in [2.75, 3.05) is 6.61 Å². The van der Waals surface area contributed by atoms with E-state index >= 15 is 0 Å². The maximum absolute atomic E-state index is 13.7. The summed E-state index contributed by atoms with van der Waals surface area (Å²) in [7, 11) is 0. The van der Waals surface area contributed by atoms with Gasteiger partial charge in [-0.2, -0.15) is 0 Å². The Labute approximate surface area is 296 Å². The van der Waals surface area contributed by atoms with Crippen molar-refractivity contribution in [1.29, 1.82) is 0 Å². The van der Waals surface area contributed by atoms with Gasteiger partial charge in [0.15, 0.2) is 0 Å². The van der Waals surface area contributed by atoms with Gasteiger partial charge < -0.3 is 62.7 Å². The molecule has 6 atom stereocenters. The number of hydrogen-bond acceptors (Lipinski definition) is 12. The monoisotopic (exact) mass is 736 g/mol. The minimum absolute atomic E-state index is 0.0425. The average Bonchev–Trinajstić information content (AvgIpc) is 3.78. The zero-order valence-electron chi connectivity index (χ0n) is 28.3. The van der Waals surface area contributed by atoms with Crippen LogP contribution in [0, 0.1) is 5.92 Å². The number of aromatic amines is 2. The van der Waals surface area contributed by atoms with E-state index in [1.165, 1.54) is 25.0 Å². The number of amides is 5. The van der Waals surface area contributed by atoms with Crippen LogP contribution in [0.4, 0.5) is 0 Å². The lowest BCUT2D eigenvalue weighted by molar-refractivity contribution is -0.143. The molecule has 0 radical (unpaired) electrons. The van der Waals surface area contributed by atoms with Gasteiger partial charge in [0, 0.05) is 43.0 Å². The fourth-order valence-corrected chi connectivity index (χ4v) is 4.72. The SMILES string of the molecule is CC(C)C[C@H](NC(=O)[C@@H](N)CC(=O)O)C(=O)N[C@@H](CO)C(=O)N[C@@H](Cc1cnc[nH]1)C(=O)N[C@@H](Cc1cnc[nH]1)C(=O)N[C@@H](CCC(=O)O)C(=O)O. The lowest BCUT2D eigenvalue weighted by atomic mass is 10.0. The van der Waals surface area contributed by atoms with Crippen molar-refractivity contribution in [3.63, 3.8) is 0 Å². The van der Waals surface area contributed by atoms with Crippen molar-refractivity contribution in [1.82, 2.24) is 46.5 Å². The molecular formula is C30H44N10O12. The predicted molar refractivity (Wildman–Crippen MR) is 176 cm³/mol. The smallest absolute Gasteiger partial charge is 0.326 e. The highest BCUT2D eigenvalue weighted by Crippen LogP contribution is 2.08. The van der Waals surface area contributed by atoms with E-state index in [1.807, 2.05) is 0 Å². The minimum Gasteiger partial charge on any atom is -0.481 e. The third kappa shape index (κ3) is 14.5. The first-order valence-corrected chi connectivity index (χ1v) is 16.0. The molecule has 0 fully saturated rings. The fraction of sp³-hybridized carbons (Fsp3) is 0.533. The number of aliphatic hydroxyl groups excluding tert-OH is 1.